The van der Waals surface area contributed by atoms with Gasteiger partial charge in [-0.15, -0.1) is 0 Å². The summed E-state index contributed by atoms with van der Waals surface area (Å²) in [7, 11) is 0. The highest BCUT2D eigenvalue weighted by atomic mass is 19.1. The molecular formula is C13H11FO2. The highest BCUT2D eigenvalue weighted by Gasteiger charge is 2.09. The molecule has 2 nitrogen and oxygen atoms in total. The molecule has 0 fully saturated rings. The first-order valence-electron chi connectivity index (χ1n) is 4.97. The standard InChI is InChI=1S/C13H11FO2/c1-9-2-3-11(7-12(9)14)13(15)6-10-4-5-16-8-10/h2-5,7-8H,6H2,1H3. The van der Waals surface area contributed by atoms with Gasteiger partial charge in [0.1, 0.15) is 5.82 Å². The van der Waals surface area contributed by atoms with Crippen molar-refractivity contribution in [3.63, 3.8) is 0 Å². The van der Waals surface area contributed by atoms with Crippen LogP contribution in [0.3, 0.4) is 0 Å². The van der Waals surface area contributed by atoms with Crippen molar-refractivity contribution in [3.8, 4) is 0 Å². The zero-order valence-electron chi connectivity index (χ0n) is 8.87. The Hall–Kier alpha value is -1.90. The van der Waals surface area contributed by atoms with Crippen molar-refractivity contribution in [2.45, 2.75) is 13.3 Å². The Kier molecular flexibility index (Phi) is 2.86. The van der Waals surface area contributed by atoms with Crippen LogP contribution in [-0.2, 0) is 6.42 Å². The Morgan fingerprint density at radius 1 is 1.38 bits per heavy atom. The van der Waals surface area contributed by atoms with Gasteiger partial charge in [-0.3, -0.25) is 4.79 Å². The number of rotatable bonds is 3. The lowest BCUT2D eigenvalue weighted by Crippen LogP contribution is -2.03. The maximum absolute atomic E-state index is 13.2. The van der Waals surface area contributed by atoms with Crippen molar-refractivity contribution in [1.29, 1.82) is 0 Å². The van der Waals surface area contributed by atoms with Gasteiger partial charge in [0.2, 0.25) is 0 Å². The maximum atomic E-state index is 13.2. The Balaban J connectivity index is 2.18. The Morgan fingerprint density at radius 2 is 2.19 bits per heavy atom. The molecule has 0 atom stereocenters. The third kappa shape index (κ3) is 2.19. The van der Waals surface area contributed by atoms with Crippen LogP contribution in [0.15, 0.2) is 41.2 Å². The minimum absolute atomic E-state index is 0.111. The number of carbonyl (C=O) groups excluding carboxylic acids is 1. The van der Waals surface area contributed by atoms with Crippen LogP contribution in [-0.4, -0.2) is 5.78 Å². The molecule has 0 radical (unpaired) electrons. The Labute approximate surface area is 92.7 Å². The fourth-order valence-corrected chi connectivity index (χ4v) is 1.45. The fourth-order valence-electron chi connectivity index (χ4n) is 1.45. The minimum Gasteiger partial charge on any atom is -0.472 e. The van der Waals surface area contributed by atoms with E-state index in [1.54, 1.807) is 25.1 Å². The van der Waals surface area contributed by atoms with Gasteiger partial charge in [-0.2, -0.15) is 0 Å². The summed E-state index contributed by atoms with van der Waals surface area (Å²) in [6.07, 6.45) is 3.26. The van der Waals surface area contributed by atoms with Gasteiger partial charge < -0.3 is 4.42 Å². The van der Waals surface area contributed by atoms with Crippen molar-refractivity contribution in [2.75, 3.05) is 0 Å². The van der Waals surface area contributed by atoms with Crippen LogP contribution in [0.4, 0.5) is 4.39 Å². The fraction of sp³-hybridized carbons (Fsp3) is 0.154. The number of carbonyl (C=O) groups is 1. The smallest absolute Gasteiger partial charge is 0.167 e. The van der Waals surface area contributed by atoms with Gasteiger partial charge in [-0.05, 0) is 30.2 Å². The molecule has 0 unspecified atom stereocenters. The van der Waals surface area contributed by atoms with Crippen LogP contribution >= 0.6 is 0 Å². The van der Waals surface area contributed by atoms with E-state index in [1.165, 1.54) is 18.6 Å². The molecule has 82 valence electrons. The lowest BCUT2D eigenvalue weighted by Gasteiger charge is -2.01. The third-order valence-electron chi connectivity index (χ3n) is 2.44. The zero-order valence-corrected chi connectivity index (χ0v) is 8.87. The number of halogens is 1. The molecule has 2 aromatic rings. The lowest BCUT2D eigenvalue weighted by molar-refractivity contribution is 0.0992. The largest absolute Gasteiger partial charge is 0.472 e. The molecule has 1 heterocycles. The number of hydrogen-bond acceptors (Lipinski definition) is 2. The highest BCUT2D eigenvalue weighted by Crippen LogP contribution is 2.12. The maximum Gasteiger partial charge on any atom is 0.167 e. The number of hydrogen-bond donors (Lipinski definition) is 0. The Morgan fingerprint density at radius 3 is 2.81 bits per heavy atom. The van der Waals surface area contributed by atoms with Crippen molar-refractivity contribution in [3.05, 3.63) is 59.3 Å². The van der Waals surface area contributed by atoms with Crippen molar-refractivity contribution >= 4 is 5.78 Å². The topological polar surface area (TPSA) is 30.2 Å². The first-order chi connectivity index (χ1) is 7.66. The van der Waals surface area contributed by atoms with Gasteiger partial charge in [0, 0.05) is 12.0 Å². The van der Waals surface area contributed by atoms with Crippen LogP contribution in [0.25, 0.3) is 0 Å². The van der Waals surface area contributed by atoms with Crippen molar-refractivity contribution < 1.29 is 13.6 Å². The van der Waals surface area contributed by atoms with E-state index in [1.807, 2.05) is 0 Å². The van der Waals surface area contributed by atoms with Gasteiger partial charge >= 0.3 is 0 Å². The summed E-state index contributed by atoms with van der Waals surface area (Å²) in [5, 5.41) is 0. The second-order valence-electron chi connectivity index (χ2n) is 3.70. The van der Waals surface area contributed by atoms with E-state index in [2.05, 4.69) is 0 Å². The predicted octanol–water partition coefficient (Wildman–Crippen LogP) is 3.15. The average Bonchev–Trinajstić information content (AvgIpc) is 2.74. The van der Waals surface area contributed by atoms with E-state index in [0.29, 0.717) is 11.1 Å². The number of benzene rings is 1. The molecule has 0 saturated carbocycles. The molecule has 0 aliphatic rings. The van der Waals surface area contributed by atoms with Crippen LogP contribution in [0.1, 0.15) is 21.5 Å². The molecule has 0 N–H and O–H groups in total. The minimum atomic E-state index is -0.349. The molecule has 0 amide bonds. The number of ketones is 1. The number of aryl methyl sites for hydroxylation is 1. The predicted molar refractivity (Wildman–Crippen MR) is 57.9 cm³/mol. The molecule has 3 heteroatoms. The SMILES string of the molecule is Cc1ccc(C(=O)Cc2ccoc2)cc1F. The molecule has 0 bridgehead atoms. The second kappa shape index (κ2) is 4.31. The van der Waals surface area contributed by atoms with E-state index in [4.69, 9.17) is 4.42 Å². The molecule has 0 saturated heterocycles. The van der Waals surface area contributed by atoms with E-state index < -0.39 is 0 Å². The first-order valence-corrected chi connectivity index (χ1v) is 4.97. The van der Waals surface area contributed by atoms with Crippen LogP contribution in [0.5, 0.6) is 0 Å². The number of furan rings is 1. The summed E-state index contributed by atoms with van der Waals surface area (Å²) in [6.45, 7) is 1.67. The van der Waals surface area contributed by atoms with Gasteiger partial charge in [0.25, 0.3) is 0 Å². The summed E-state index contributed by atoms with van der Waals surface area (Å²) in [4.78, 5) is 11.8. The average molecular weight is 218 g/mol. The van der Waals surface area contributed by atoms with E-state index >= 15 is 0 Å². The molecule has 1 aromatic heterocycles. The second-order valence-corrected chi connectivity index (χ2v) is 3.70. The van der Waals surface area contributed by atoms with Crippen molar-refractivity contribution in [1.82, 2.24) is 0 Å². The monoisotopic (exact) mass is 218 g/mol. The molecular weight excluding hydrogens is 207 g/mol. The van der Waals surface area contributed by atoms with Crippen LogP contribution in [0.2, 0.25) is 0 Å². The van der Waals surface area contributed by atoms with E-state index in [0.717, 1.165) is 5.56 Å². The first kappa shape index (κ1) is 10.6. The summed E-state index contributed by atoms with van der Waals surface area (Å²) in [5.74, 6) is -0.460. The molecule has 2 rings (SSSR count). The van der Waals surface area contributed by atoms with Crippen LogP contribution in [0, 0.1) is 12.7 Å². The van der Waals surface area contributed by atoms with Crippen molar-refractivity contribution in [2.24, 2.45) is 0 Å². The summed E-state index contributed by atoms with van der Waals surface area (Å²) in [6, 6.07) is 6.25. The summed E-state index contributed by atoms with van der Waals surface area (Å²) >= 11 is 0. The third-order valence-corrected chi connectivity index (χ3v) is 2.44. The normalized spacial score (nSPS) is 10.4. The lowest BCUT2D eigenvalue weighted by atomic mass is 10.0. The van der Waals surface area contributed by atoms with E-state index in [9.17, 15) is 9.18 Å². The molecule has 16 heavy (non-hydrogen) atoms. The van der Waals surface area contributed by atoms with Gasteiger partial charge in [0.05, 0.1) is 12.5 Å². The van der Waals surface area contributed by atoms with Gasteiger partial charge in [-0.1, -0.05) is 12.1 Å². The summed E-state index contributed by atoms with van der Waals surface area (Å²) in [5.41, 5.74) is 1.73. The molecule has 1 aromatic carbocycles. The van der Waals surface area contributed by atoms with E-state index in [-0.39, 0.29) is 18.0 Å². The molecule has 0 aliphatic carbocycles. The Bertz CT molecular complexity index is 501. The van der Waals surface area contributed by atoms with Gasteiger partial charge in [0.15, 0.2) is 5.78 Å². The highest BCUT2D eigenvalue weighted by molar-refractivity contribution is 5.97. The molecule has 0 aliphatic heterocycles. The van der Waals surface area contributed by atoms with Gasteiger partial charge in [-0.25, -0.2) is 4.39 Å². The quantitative estimate of drug-likeness (QED) is 0.741. The zero-order chi connectivity index (χ0) is 11.5. The van der Waals surface area contributed by atoms with Crippen LogP contribution < -0.4 is 0 Å². The number of Topliss-reactive ketones (excluding diaryl/α,β-unsaturated/α-hetero) is 1. The summed E-state index contributed by atoms with van der Waals surface area (Å²) < 4.78 is 18.1. The molecule has 0 spiro atoms.